The maximum atomic E-state index is 10.1. The molecule has 0 aliphatic heterocycles. The van der Waals surface area contributed by atoms with Crippen molar-refractivity contribution in [2.75, 3.05) is 20.6 Å². The number of carbonyl (C=O) groups excluding carboxylic acids is 2. The summed E-state index contributed by atoms with van der Waals surface area (Å²) in [5.41, 5.74) is 0.440. The Morgan fingerprint density at radius 2 is 1.12 bits per heavy atom. The molecule has 134 valence electrons. The number of likely N-dealkylation sites (N-methyl/N-ethyl adjacent to an activating group) is 1. The van der Waals surface area contributed by atoms with Crippen molar-refractivity contribution in [1.82, 2.24) is 4.90 Å². The zero-order valence-electron chi connectivity index (χ0n) is 14.6. The van der Waals surface area contributed by atoms with E-state index in [9.17, 15) is 24.6 Å². The molecule has 0 atom stereocenters. The van der Waals surface area contributed by atoms with Crippen molar-refractivity contribution in [3.63, 3.8) is 0 Å². The molecular weight excluding hydrogens is 366 g/mol. The number of benzene rings is 2. The molecule has 7 nitrogen and oxygen atoms in total. The first-order valence-corrected chi connectivity index (χ1v) is 7.13. The van der Waals surface area contributed by atoms with E-state index in [-0.39, 0.29) is 55.4 Å². The van der Waals surface area contributed by atoms with Crippen molar-refractivity contribution < 1.29 is 29.7 Å². The third kappa shape index (κ3) is 14.4. The molecule has 0 amide bonds. The SMILES string of the molecule is CN(C)CC(=O)O.O=C([O-])c1ccccc1.O=C([O-])c1ccccc1.[Ca+2]. The zero-order chi connectivity index (χ0) is 19.2. The number of hydrogen-bond donors (Lipinski definition) is 1. The van der Waals surface area contributed by atoms with Crippen LogP contribution >= 0.6 is 0 Å². The van der Waals surface area contributed by atoms with Crippen LogP contribution in [-0.4, -0.2) is 86.3 Å². The summed E-state index contributed by atoms with van der Waals surface area (Å²) in [6, 6.07) is 16.1. The number of hydrogen-bond acceptors (Lipinski definition) is 6. The third-order valence-electron chi connectivity index (χ3n) is 2.47. The van der Waals surface area contributed by atoms with E-state index in [2.05, 4.69) is 0 Å². The van der Waals surface area contributed by atoms with E-state index in [0.29, 0.717) is 0 Å². The van der Waals surface area contributed by atoms with Crippen molar-refractivity contribution in [2.24, 2.45) is 0 Å². The van der Waals surface area contributed by atoms with Crippen LogP contribution in [-0.2, 0) is 4.79 Å². The number of rotatable bonds is 4. The Morgan fingerprint density at radius 3 is 1.23 bits per heavy atom. The van der Waals surface area contributed by atoms with Crippen LogP contribution < -0.4 is 10.2 Å². The molecule has 0 aliphatic rings. The van der Waals surface area contributed by atoms with Gasteiger partial charge in [0.2, 0.25) is 0 Å². The number of aromatic carboxylic acids is 2. The quantitative estimate of drug-likeness (QED) is 0.694. The Hall–Kier alpha value is -1.93. The monoisotopic (exact) mass is 385 g/mol. The summed E-state index contributed by atoms with van der Waals surface area (Å²) in [5, 5.41) is 28.2. The van der Waals surface area contributed by atoms with Gasteiger partial charge in [-0.2, -0.15) is 0 Å². The van der Waals surface area contributed by atoms with E-state index in [1.54, 1.807) is 55.4 Å². The summed E-state index contributed by atoms with van der Waals surface area (Å²) < 4.78 is 0. The van der Waals surface area contributed by atoms with Crippen molar-refractivity contribution in [2.45, 2.75) is 0 Å². The first kappa shape index (κ1) is 26.3. The maximum absolute atomic E-state index is 10.1. The van der Waals surface area contributed by atoms with Gasteiger partial charge in [0.05, 0.1) is 18.5 Å². The maximum Gasteiger partial charge on any atom is 2.00 e. The third-order valence-corrected chi connectivity index (χ3v) is 2.47. The molecule has 2 rings (SSSR count). The molecule has 0 spiro atoms. The van der Waals surface area contributed by atoms with Crippen molar-refractivity contribution in [3.8, 4) is 0 Å². The van der Waals surface area contributed by atoms with Crippen LogP contribution in [0.5, 0.6) is 0 Å². The molecule has 26 heavy (non-hydrogen) atoms. The van der Waals surface area contributed by atoms with E-state index in [1.807, 2.05) is 0 Å². The molecule has 0 saturated heterocycles. The van der Waals surface area contributed by atoms with Crippen LogP contribution in [0.3, 0.4) is 0 Å². The number of carbonyl (C=O) groups is 3. The average molecular weight is 385 g/mol. The Balaban J connectivity index is 0. The second-order valence-corrected chi connectivity index (χ2v) is 4.94. The summed E-state index contributed by atoms with van der Waals surface area (Å²) in [6.07, 6.45) is 0. The van der Waals surface area contributed by atoms with Crippen LogP contribution in [0.1, 0.15) is 20.7 Å². The van der Waals surface area contributed by atoms with Gasteiger partial charge >= 0.3 is 43.7 Å². The first-order chi connectivity index (χ1) is 11.7. The number of carboxylic acid groups (broad SMARTS) is 3. The first-order valence-electron chi connectivity index (χ1n) is 7.13. The smallest absolute Gasteiger partial charge is 0.545 e. The van der Waals surface area contributed by atoms with E-state index < -0.39 is 17.9 Å². The molecule has 0 heterocycles. The standard InChI is InChI=1S/2C7H6O2.C4H9NO2.Ca/c2*8-7(9)6-4-2-1-3-5-6;1-5(2)3-4(6)7;/h2*1-5H,(H,8,9);3H2,1-2H3,(H,6,7);/q;;;+2/p-2. The number of aliphatic carboxylic acids is 1. The molecule has 0 unspecified atom stereocenters. The van der Waals surface area contributed by atoms with Gasteiger partial charge in [0, 0.05) is 0 Å². The van der Waals surface area contributed by atoms with Gasteiger partial charge in [-0.25, -0.2) is 0 Å². The summed E-state index contributed by atoms with van der Waals surface area (Å²) in [6.45, 7) is 0.111. The Kier molecular flexibility index (Phi) is 15.5. The fourth-order valence-electron chi connectivity index (χ4n) is 1.42. The van der Waals surface area contributed by atoms with Crippen LogP contribution in [0.2, 0.25) is 0 Å². The van der Waals surface area contributed by atoms with Gasteiger partial charge in [-0.3, -0.25) is 9.69 Å². The van der Waals surface area contributed by atoms with E-state index in [1.165, 1.54) is 24.3 Å². The van der Waals surface area contributed by atoms with Gasteiger partial charge in [-0.15, -0.1) is 0 Å². The predicted molar refractivity (Wildman–Crippen MR) is 93.5 cm³/mol. The molecule has 2 aromatic carbocycles. The second-order valence-electron chi connectivity index (χ2n) is 4.94. The Bertz CT molecular complexity index is 612. The van der Waals surface area contributed by atoms with Crippen LogP contribution in [0.4, 0.5) is 0 Å². The molecule has 0 fully saturated rings. The Morgan fingerprint density at radius 1 is 0.808 bits per heavy atom. The predicted octanol–water partition coefficient (Wildman–Crippen LogP) is -0.648. The summed E-state index contributed by atoms with van der Waals surface area (Å²) in [5.74, 6) is -3.05. The summed E-state index contributed by atoms with van der Waals surface area (Å²) in [4.78, 5) is 31.5. The van der Waals surface area contributed by atoms with E-state index in [4.69, 9.17) is 5.11 Å². The minimum absolute atomic E-state index is 0. The fourth-order valence-corrected chi connectivity index (χ4v) is 1.42. The molecule has 0 saturated carbocycles. The van der Waals surface area contributed by atoms with Crippen LogP contribution in [0.15, 0.2) is 60.7 Å². The van der Waals surface area contributed by atoms with Crippen molar-refractivity contribution in [3.05, 3.63) is 71.8 Å². The van der Waals surface area contributed by atoms with E-state index >= 15 is 0 Å². The molecule has 0 aliphatic carbocycles. The fraction of sp³-hybridized carbons (Fsp3) is 0.167. The molecule has 0 aromatic heterocycles. The Labute approximate surface area is 181 Å². The average Bonchev–Trinajstić information content (AvgIpc) is 2.56. The molecule has 0 radical (unpaired) electrons. The van der Waals surface area contributed by atoms with Gasteiger partial charge in [-0.05, 0) is 25.2 Å². The molecule has 0 bridgehead atoms. The summed E-state index contributed by atoms with van der Waals surface area (Å²) in [7, 11) is 3.43. The molecule has 2 aromatic rings. The minimum atomic E-state index is -1.13. The van der Waals surface area contributed by atoms with Gasteiger partial charge in [0.1, 0.15) is 0 Å². The molecule has 8 heteroatoms. The zero-order valence-corrected chi connectivity index (χ0v) is 16.8. The van der Waals surface area contributed by atoms with Crippen LogP contribution in [0, 0.1) is 0 Å². The van der Waals surface area contributed by atoms with Gasteiger partial charge in [-0.1, -0.05) is 60.7 Å². The number of nitrogens with zero attached hydrogens (tertiary/aromatic N) is 1. The number of carboxylic acids is 3. The topological polar surface area (TPSA) is 121 Å². The van der Waals surface area contributed by atoms with E-state index in [0.717, 1.165) is 0 Å². The van der Waals surface area contributed by atoms with Crippen molar-refractivity contribution >= 4 is 55.6 Å². The second kappa shape index (κ2) is 15.3. The summed E-state index contributed by atoms with van der Waals surface area (Å²) >= 11 is 0. The largest absolute Gasteiger partial charge is 2.00 e. The molecular formula is C18H19CaNO6. The van der Waals surface area contributed by atoms with Gasteiger partial charge < -0.3 is 24.9 Å². The van der Waals surface area contributed by atoms with Crippen molar-refractivity contribution in [1.29, 1.82) is 0 Å². The van der Waals surface area contributed by atoms with Crippen LogP contribution in [0.25, 0.3) is 0 Å². The normalized spacial score (nSPS) is 8.73. The van der Waals surface area contributed by atoms with Gasteiger partial charge in [0.15, 0.2) is 0 Å². The van der Waals surface area contributed by atoms with Gasteiger partial charge in [0.25, 0.3) is 0 Å². The molecule has 1 N–H and O–H groups in total. The minimum Gasteiger partial charge on any atom is -0.545 e.